The van der Waals surface area contributed by atoms with E-state index < -0.39 is 6.10 Å². The van der Waals surface area contributed by atoms with Gasteiger partial charge in [-0.25, -0.2) is 0 Å². The number of nitrogens with one attached hydrogen (secondary N) is 2. The van der Waals surface area contributed by atoms with Gasteiger partial charge in [0.25, 0.3) is 11.8 Å². The van der Waals surface area contributed by atoms with Crippen molar-refractivity contribution in [1.29, 1.82) is 0 Å². The Morgan fingerprint density at radius 3 is 2.42 bits per heavy atom. The summed E-state index contributed by atoms with van der Waals surface area (Å²) in [5.41, 5.74) is 4.06. The number of carbonyl (C=O) groups is 2. The maximum absolute atomic E-state index is 12.7. The van der Waals surface area contributed by atoms with Crippen LogP contribution in [0.25, 0.3) is 0 Å². The van der Waals surface area contributed by atoms with Crippen molar-refractivity contribution < 1.29 is 14.3 Å². The summed E-state index contributed by atoms with van der Waals surface area (Å²) in [7, 11) is 0. The first-order valence-electron chi connectivity index (χ1n) is 10.4. The Bertz CT molecular complexity index is 1050. The van der Waals surface area contributed by atoms with Gasteiger partial charge >= 0.3 is 0 Å². The van der Waals surface area contributed by atoms with Gasteiger partial charge in [-0.05, 0) is 62.1 Å². The average Bonchev–Trinajstić information content (AvgIpc) is 2.77. The zero-order valence-electron chi connectivity index (χ0n) is 18.1. The zero-order valence-corrected chi connectivity index (χ0v) is 18.1. The molecule has 0 aliphatic carbocycles. The predicted molar refractivity (Wildman–Crippen MR) is 124 cm³/mol. The Hall–Kier alpha value is -3.60. The minimum absolute atomic E-state index is 0.227. The van der Waals surface area contributed by atoms with Crippen molar-refractivity contribution in [3.8, 4) is 5.75 Å². The van der Waals surface area contributed by atoms with Gasteiger partial charge in [0.1, 0.15) is 5.75 Å². The first kappa shape index (κ1) is 22.1. The normalized spacial score (nSPS) is 11.5. The molecule has 0 aromatic heterocycles. The second kappa shape index (κ2) is 10.4. The predicted octanol–water partition coefficient (Wildman–Crippen LogP) is 4.68. The van der Waals surface area contributed by atoms with Gasteiger partial charge in [0.15, 0.2) is 6.10 Å². The number of hydrogen-bond donors (Lipinski definition) is 2. The summed E-state index contributed by atoms with van der Waals surface area (Å²) in [5, 5.41) is 5.75. The topological polar surface area (TPSA) is 67.4 Å². The van der Waals surface area contributed by atoms with Crippen LogP contribution in [0.1, 0.15) is 34.0 Å². The molecule has 0 aliphatic heterocycles. The number of ether oxygens (including phenoxy) is 1. The fourth-order valence-corrected chi connectivity index (χ4v) is 3.16. The number of aryl methyl sites for hydroxylation is 2. The number of hydrogen-bond acceptors (Lipinski definition) is 3. The van der Waals surface area contributed by atoms with Gasteiger partial charge in [0.2, 0.25) is 0 Å². The van der Waals surface area contributed by atoms with Gasteiger partial charge in [-0.2, -0.15) is 0 Å². The van der Waals surface area contributed by atoms with Gasteiger partial charge in [-0.15, -0.1) is 0 Å². The number of rotatable bonds is 8. The van der Waals surface area contributed by atoms with Crippen LogP contribution < -0.4 is 15.4 Å². The second-order valence-corrected chi connectivity index (χ2v) is 7.56. The lowest BCUT2D eigenvalue weighted by atomic mass is 10.1. The molecular weight excluding hydrogens is 388 g/mol. The molecule has 0 spiro atoms. The van der Waals surface area contributed by atoms with Crippen molar-refractivity contribution >= 4 is 17.5 Å². The molecule has 5 heteroatoms. The first-order valence-corrected chi connectivity index (χ1v) is 10.4. The summed E-state index contributed by atoms with van der Waals surface area (Å²) in [6, 6.07) is 22.8. The summed E-state index contributed by atoms with van der Waals surface area (Å²) in [6.07, 6.45) is 0.0247. The van der Waals surface area contributed by atoms with E-state index in [4.69, 9.17) is 4.74 Å². The van der Waals surface area contributed by atoms with Crippen LogP contribution >= 0.6 is 0 Å². The highest BCUT2D eigenvalue weighted by Gasteiger charge is 2.19. The van der Waals surface area contributed by atoms with Crippen LogP contribution in [-0.2, 0) is 11.2 Å². The van der Waals surface area contributed by atoms with Gasteiger partial charge in [0, 0.05) is 6.54 Å². The third-order valence-corrected chi connectivity index (χ3v) is 4.99. The number of anilines is 1. The van der Waals surface area contributed by atoms with Crippen LogP contribution in [0.15, 0.2) is 72.8 Å². The Labute approximate surface area is 183 Å². The van der Waals surface area contributed by atoms with Gasteiger partial charge < -0.3 is 15.4 Å². The van der Waals surface area contributed by atoms with Crippen molar-refractivity contribution in [3.63, 3.8) is 0 Å². The summed E-state index contributed by atoms with van der Waals surface area (Å²) in [5.74, 6) is 0.134. The summed E-state index contributed by atoms with van der Waals surface area (Å²) in [4.78, 5) is 25.4. The van der Waals surface area contributed by atoms with Crippen LogP contribution in [0.2, 0.25) is 0 Å². The van der Waals surface area contributed by atoms with E-state index in [-0.39, 0.29) is 11.8 Å². The van der Waals surface area contributed by atoms with Gasteiger partial charge in [-0.1, -0.05) is 54.6 Å². The molecular formula is C26H28N2O3. The molecule has 2 N–H and O–H groups in total. The lowest BCUT2D eigenvalue weighted by Gasteiger charge is -2.18. The molecule has 0 saturated heterocycles. The fraction of sp³-hybridized carbons (Fsp3) is 0.231. The number of amides is 2. The molecule has 0 aliphatic rings. The van der Waals surface area contributed by atoms with Crippen molar-refractivity contribution in [2.45, 2.75) is 33.3 Å². The zero-order chi connectivity index (χ0) is 22.2. The van der Waals surface area contributed by atoms with Crippen LogP contribution in [-0.4, -0.2) is 24.5 Å². The minimum Gasteiger partial charge on any atom is -0.481 e. The first-order chi connectivity index (χ1) is 14.9. The quantitative estimate of drug-likeness (QED) is 0.560. The molecule has 0 radical (unpaired) electrons. The van der Waals surface area contributed by atoms with Crippen LogP contribution in [0, 0.1) is 13.8 Å². The van der Waals surface area contributed by atoms with Crippen molar-refractivity contribution in [3.05, 3.63) is 95.1 Å². The molecule has 3 rings (SSSR count). The molecule has 5 nitrogen and oxygen atoms in total. The van der Waals surface area contributed by atoms with Gasteiger partial charge in [0.05, 0.1) is 11.3 Å². The highest BCUT2D eigenvalue weighted by Crippen LogP contribution is 2.21. The number of carbonyl (C=O) groups excluding carboxylic acids is 2. The molecule has 0 saturated carbocycles. The summed E-state index contributed by atoms with van der Waals surface area (Å²) >= 11 is 0. The second-order valence-electron chi connectivity index (χ2n) is 7.56. The smallest absolute Gasteiger partial charge is 0.265 e. The maximum atomic E-state index is 12.7. The lowest BCUT2D eigenvalue weighted by molar-refractivity contribution is -0.122. The Morgan fingerprint density at radius 2 is 1.65 bits per heavy atom. The molecule has 0 unspecified atom stereocenters. The molecule has 31 heavy (non-hydrogen) atoms. The summed E-state index contributed by atoms with van der Waals surface area (Å²) in [6.45, 7) is 6.12. The molecule has 160 valence electrons. The average molecular weight is 417 g/mol. The SMILES string of the molecule is Cc1ccc(C)c(O[C@H](C)C(=O)Nc2ccccc2C(=O)NCCc2ccccc2)c1. The van der Waals surface area contributed by atoms with Crippen LogP contribution in [0.4, 0.5) is 5.69 Å². The minimum atomic E-state index is -0.713. The van der Waals surface area contributed by atoms with Crippen LogP contribution in [0.5, 0.6) is 5.75 Å². The third kappa shape index (κ3) is 6.19. The number of benzene rings is 3. The van der Waals surface area contributed by atoms with E-state index in [1.807, 2.05) is 62.4 Å². The Balaban J connectivity index is 1.61. The van der Waals surface area contributed by atoms with E-state index in [9.17, 15) is 9.59 Å². The summed E-state index contributed by atoms with van der Waals surface area (Å²) < 4.78 is 5.86. The number of para-hydroxylation sites is 1. The molecule has 3 aromatic carbocycles. The highest BCUT2D eigenvalue weighted by atomic mass is 16.5. The van der Waals surface area contributed by atoms with E-state index in [1.165, 1.54) is 0 Å². The van der Waals surface area contributed by atoms with Gasteiger partial charge in [-0.3, -0.25) is 9.59 Å². The van der Waals surface area contributed by atoms with E-state index in [1.54, 1.807) is 31.2 Å². The Kier molecular flexibility index (Phi) is 7.44. The van der Waals surface area contributed by atoms with E-state index >= 15 is 0 Å². The van der Waals surface area contributed by atoms with E-state index in [0.717, 1.165) is 23.1 Å². The molecule has 3 aromatic rings. The molecule has 0 heterocycles. The monoisotopic (exact) mass is 416 g/mol. The lowest BCUT2D eigenvalue weighted by Crippen LogP contribution is -2.32. The fourth-order valence-electron chi connectivity index (χ4n) is 3.16. The van der Waals surface area contributed by atoms with Crippen molar-refractivity contribution in [1.82, 2.24) is 5.32 Å². The van der Waals surface area contributed by atoms with Crippen LogP contribution in [0.3, 0.4) is 0 Å². The molecule has 2 amide bonds. The van der Waals surface area contributed by atoms with Crippen molar-refractivity contribution in [2.24, 2.45) is 0 Å². The maximum Gasteiger partial charge on any atom is 0.265 e. The van der Waals surface area contributed by atoms with Crippen molar-refractivity contribution in [2.75, 3.05) is 11.9 Å². The van der Waals surface area contributed by atoms with E-state index in [0.29, 0.717) is 23.5 Å². The molecule has 1 atom stereocenters. The molecule has 0 bridgehead atoms. The third-order valence-electron chi connectivity index (χ3n) is 4.99. The van der Waals surface area contributed by atoms with E-state index in [2.05, 4.69) is 10.6 Å². The standard InChI is InChI=1S/C26H28N2O3/c1-18-13-14-19(2)24(17-18)31-20(3)25(29)28-23-12-8-7-11-22(23)26(30)27-16-15-21-9-5-4-6-10-21/h4-14,17,20H,15-16H2,1-3H3,(H,27,30)(H,28,29)/t20-/m1/s1. The largest absolute Gasteiger partial charge is 0.481 e. The molecule has 0 fully saturated rings. The highest BCUT2D eigenvalue weighted by molar-refractivity contribution is 6.04. The Morgan fingerprint density at radius 1 is 0.935 bits per heavy atom.